The molecule has 0 nitrogen and oxygen atoms in total. The van der Waals surface area contributed by atoms with Gasteiger partial charge >= 0.3 is 99.2 Å². The molecule has 0 N–H and O–H groups in total. The molecule has 0 atom stereocenters. The fourth-order valence-corrected chi connectivity index (χ4v) is 2.54. The Balaban J connectivity index is 2.45. The summed E-state index contributed by atoms with van der Waals surface area (Å²) in [5.41, 5.74) is 4.48. The van der Waals surface area contributed by atoms with Crippen molar-refractivity contribution in [3.05, 3.63) is 53.1 Å². The van der Waals surface area contributed by atoms with Gasteiger partial charge in [0.15, 0.2) is 0 Å². The zero-order valence-electron chi connectivity index (χ0n) is 9.17. The van der Waals surface area contributed by atoms with E-state index >= 15 is 0 Å². The van der Waals surface area contributed by atoms with Crippen LogP contribution in [-0.2, 0) is 6.42 Å². The molecule has 0 amide bonds. The number of fused-ring (bicyclic) bond motifs is 3. The summed E-state index contributed by atoms with van der Waals surface area (Å²) in [6, 6.07) is 13.2. The second-order valence-corrected chi connectivity index (χ2v) is 4.40. The maximum absolute atomic E-state index is 2.28. The van der Waals surface area contributed by atoms with Crippen LogP contribution in [0, 0.1) is 0 Å². The molecule has 1 aliphatic rings. The van der Waals surface area contributed by atoms with Crippen LogP contribution in [0.1, 0.15) is 18.1 Å². The second-order valence-electron chi connectivity index (χ2n) is 4.40. The van der Waals surface area contributed by atoms with Crippen molar-refractivity contribution in [1.82, 2.24) is 0 Å². The number of hydrogen-bond acceptors (Lipinski definition) is 0. The molecular formula is C14H11Li. The summed E-state index contributed by atoms with van der Waals surface area (Å²) in [5.74, 6) is 0. The van der Waals surface area contributed by atoms with Crippen LogP contribution in [0.5, 0.6) is 0 Å². The summed E-state index contributed by atoms with van der Waals surface area (Å²) < 4.78 is 1.47. The molecule has 2 aromatic rings. The molecule has 0 aromatic heterocycles. The van der Waals surface area contributed by atoms with E-state index in [1.165, 1.54) is 31.7 Å². The average molecular weight is 186 g/mol. The van der Waals surface area contributed by atoms with Crippen LogP contribution in [0.2, 0.25) is 0 Å². The zero-order valence-corrected chi connectivity index (χ0v) is 9.17. The first-order valence-corrected chi connectivity index (χ1v) is 5.45. The number of benzene rings is 2. The first kappa shape index (κ1) is 9.28. The molecule has 0 heterocycles. The molecule has 0 unspecified atom stereocenters. The Bertz CT molecular complexity index is 579. The third kappa shape index (κ3) is 1.29. The van der Waals surface area contributed by atoms with Gasteiger partial charge < -0.3 is 0 Å². The molecule has 1 aliphatic carbocycles. The molecule has 0 radical (unpaired) electrons. The number of rotatable bonds is 0. The fourth-order valence-electron chi connectivity index (χ4n) is 2.54. The van der Waals surface area contributed by atoms with Gasteiger partial charge in [0.1, 0.15) is 0 Å². The van der Waals surface area contributed by atoms with E-state index < -0.39 is 0 Å². The van der Waals surface area contributed by atoms with Gasteiger partial charge in [-0.25, -0.2) is 0 Å². The molecule has 15 heavy (non-hydrogen) atoms. The number of hydrogen-bond donors (Lipinski definition) is 0. The predicted molar refractivity (Wildman–Crippen MR) is 66.0 cm³/mol. The van der Waals surface area contributed by atoms with Crippen molar-refractivity contribution in [2.45, 2.75) is 13.3 Å². The molecule has 0 spiro atoms. The van der Waals surface area contributed by atoms with Crippen molar-refractivity contribution in [1.29, 1.82) is 0 Å². The summed E-state index contributed by atoms with van der Waals surface area (Å²) in [7, 11) is 0. The van der Waals surface area contributed by atoms with Crippen LogP contribution in [0.25, 0.3) is 15.0 Å². The third-order valence-electron chi connectivity index (χ3n) is 3.49. The minimum absolute atomic E-state index is 1.13. The van der Waals surface area contributed by atoms with Gasteiger partial charge in [-0.2, -0.15) is 0 Å². The van der Waals surface area contributed by atoms with Crippen LogP contribution in [-0.4, -0.2) is 17.7 Å². The van der Waals surface area contributed by atoms with E-state index in [9.17, 15) is 0 Å². The van der Waals surface area contributed by atoms with Gasteiger partial charge in [-0.3, -0.25) is 0 Å². The molecule has 3 rings (SSSR count). The Morgan fingerprint density at radius 1 is 1.07 bits per heavy atom. The van der Waals surface area contributed by atoms with E-state index in [0.29, 0.717) is 0 Å². The molecule has 0 saturated carbocycles. The van der Waals surface area contributed by atoms with Crippen molar-refractivity contribution in [2.24, 2.45) is 0 Å². The van der Waals surface area contributed by atoms with E-state index in [1.54, 1.807) is 0 Å². The Kier molecular flexibility index (Phi) is 2.02. The molecule has 0 fully saturated rings. The molecule has 2 aromatic carbocycles. The summed E-state index contributed by atoms with van der Waals surface area (Å²) in [6.45, 7) is 2.24. The van der Waals surface area contributed by atoms with Gasteiger partial charge in [0.2, 0.25) is 0 Å². The van der Waals surface area contributed by atoms with Crippen LogP contribution < -0.4 is 0 Å². The summed E-state index contributed by atoms with van der Waals surface area (Å²) in [6.07, 6.45) is 1.13. The standard InChI is InChI=1S/C14H11.Li/c1-10-8-12-7-6-11-4-2-3-5-13(11)14(12)9-10;/h2-7H,8H2,1H3;. The Morgan fingerprint density at radius 2 is 1.87 bits per heavy atom. The molecular weight excluding hydrogens is 175 g/mol. The van der Waals surface area contributed by atoms with Gasteiger partial charge in [-0.1, -0.05) is 0 Å². The van der Waals surface area contributed by atoms with Gasteiger partial charge in [0, 0.05) is 0 Å². The average Bonchev–Trinajstić information content (AvgIpc) is 2.55. The van der Waals surface area contributed by atoms with Crippen molar-refractivity contribution < 1.29 is 0 Å². The molecule has 0 aliphatic heterocycles. The van der Waals surface area contributed by atoms with Crippen LogP contribution in [0.4, 0.5) is 0 Å². The van der Waals surface area contributed by atoms with Crippen LogP contribution in [0.3, 0.4) is 0 Å². The Labute approximate surface area is 99.2 Å². The zero-order chi connectivity index (χ0) is 10.4. The van der Waals surface area contributed by atoms with E-state index in [4.69, 9.17) is 0 Å². The quantitative estimate of drug-likeness (QED) is 0.554. The van der Waals surface area contributed by atoms with E-state index in [0.717, 1.165) is 6.42 Å². The van der Waals surface area contributed by atoms with Crippen molar-refractivity contribution in [3.8, 4) is 0 Å². The monoisotopic (exact) mass is 186 g/mol. The molecule has 1 heteroatoms. The van der Waals surface area contributed by atoms with Crippen LogP contribution in [0.15, 0.2) is 42.0 Å². The normalized spacial score (nSPS) is 14.9. The fraction of sp³-hybridized carbons (Fsp3) is 0.143. The summed E-state index contributed by atoms with van der Waals surface area (Å²) in [4.78, 5) is 0. The van der Waals surface area contributed by atoms with Gasteiger partial charge in [0.05, 0.1) is 0 Å². The van der Waals surface area contributed by atoms with Gasteiger partial charge in [-0.05, 0) is 0 Å². The van der Waals surface area contributed by atoms with Gasteiger partial charge in [0.25, 0.3) is 0 Å². The topological polar surface area (TPSA) is 0 Å². The number of allylic oxidation sites excluding steroid dienone is 1. The minimum atomic E-state index is 1.13. The van der Waals surface area contributed by atoms with Crippen molar-refractivity contribution in [2.75, 3.05) is 0 Å². The van der Waals surface area contributed by atoms with E-state index in [1.807, 2.05) is 0 Å². The van der Waals surface area contributed by atoms with E-state index in [2.05, 4.69) is 61.0 Å². The molecule has 0 saturated heterocycles. The third-order valence-corrected chi connectivity index (χ3v) is 3.49. The summed E-state index contributed by atoms with van der Waals surface area (Å²) in [5, 5.41) is 2.76. The molecule has 0 bridgehead atoms. The van der Waals surface area contributed by atoms with Crippen molar-refractivity contribution >= 4 is 32.7 Å². The molecule has 68 valence electrons. The SMILES string of the molecule is [Li][C]1=C(C)Cc2ccc3ccccc3c21. The Morgan fingerprint density at radius 3 is 2.73 bits per heavy atom. The first-order chi connectivity index (χ1) is 7.27. The van der Waals surface area contributed by atoms with Crippen molar-refractivity contribution in [3.63, 3.8) is 0 Å². The second kappa shape index (κ2) is 3.27. The van der Waals surface area contributed by atoms with Gasteiger partial charge in [-0.15, -0.1) is 0 Å². The maximum atomic E-state index is 2.28. The summed E-state index contributed by atoms with van der Waals surface area (Å²) >= 11 is 2.24. The van der Waals surface area contributed by atoms with E-state index in [-0.39, 0.29) is 0 Å². The Hall–Kier alpha value is -0.963. The first-order valence-electron chi connectivity index (χ1n) is 5.45. The predicted octanol–water partition coefficient (Wildman–Crippen LogP) is 3.30. The van der Waals surface area contributed by atoms with Crippen LogP contribution >= 0.6 is 0 Å².